The van der Waals surface area contributed by atoms with Crippen LogP contribution in [-0.4, -0.2) is 18.6 Å². The smallest absolute Gasteiger partial charge is 0.142 e. The molecule has 0 saturated carbocycles. The summed E-state index contributed by atoms with van der Waals surface area (Å²) in [4.78, 5) is 4.16. The van der Waals surface area contributed by atoms with Crippen LogP contribution in [0.15, 0.2) is 36.7 Å². The van der Waals surface area contributed by atoms with Crippen LogP contribution in [0.25, 0.3) is 0 Å². The molecule has 3 nitrogen and oxygen atoms in total. The highest BCUT2D eigenvalue weighted by atomic mass is 16.5. The van der Waals surface area contributed by atoms with Crippen molar-refractivity contribution in [1.82, 2.24) is 10.3 Å². The minimum Gasteiger partial charge on any atom is -0.495 e. The van der Waals surface area contributed by atoms with Gasteiger partial charge in [0.1, 0.15) is 5.75 Å². The number of aromatic nitrogens is 1. The van der Waals surface area contributed by atoms with Crippen LogP contribution in [0.1, 0.15) is 41.6 Å². The molecule has 1 aromatic carbocycles. The number of pyridine rings is 1. The summed E-state index contributed by atoms with van der Waals surface area (Å²) >= 11 is 0. The first kappa shape index (κ1) is 15.5. The van der Waals surface area contributed by atoms with Crippen molar-refractivity contribution in [1.29, 1.82) is 0 Å². The van der Waals surface area contributed by atoms with Gasteiger partial charge in [-0.3, -0.25) is 4.98 Å². The molecule has 0 aliphatic carbocycles. The van der Waals surface area contributed by atoms with Crippen LogP contribution < -0.4 is 10.1 Å². The Morgan fingerprint density at radius 2 is 2.00 bits per heavy atom. The predicted molar refractivity (Wildman–Crippen MR) is 86.8 cm³/mol. The van der Waals surface area contributed by atoms with E-state index in [2.05, 4.69) is 49.3 Å². The third-order valence-electron chi connectivity index (χ3n) is 3.90. The Labute approximate surface area is 127 Å². The molecule has 1 N–H and O–H groups in total. The molecular weight excluding hydrogens is 260 g/mol. The summed E-state index contributed by atoms with van der Waals surface area (Å²) in [5.41, 5.74) is 5.07. The zero-order valence-corrected chi connectivity index (χ0v) is 13.3. The second kappa shape index (κ2) is 7.23. The zero-order valence-electron chi connectivity index (χ0n) is 13.3. The molecule has 0 bridgehead atoms. The molecule has 0 amide bonds. The maximum atomic E-state index is 5.50. The fourth-order valence-corrected chi connectivity index (χ4v) is 2.56. The van der Waals surface area contributed by atoms with Gasteiger partial charge in [0.2, 0.25) is 0 Å². The van der Waals surface area contributed by atoms with E-state index in [1.165, 1.54) is 16.7 Å². The van der Waals surface area contributed by atoms with Crippen LogP contribution in [0.4, 0.5) is 0 Å². The van der Waals surface area contributed by atoms with Crippen LogP contribution in [0.2, 0.25) is 0 Å². The van der Waals surface area contributed by atoms with Gasteiger partial charge in [-0.2, -0.15) is 0 Å². The van der Waals surface area contributed by atoms with Crippen molar-refractivity contribution in [3.8, 4) is 5.75 Å². The number of nitrogens with one attached hydrogen (secondary N) is 1. The Bertz CT molecular complexity index is 596. The quantitative estimate of drug-likeness (QED) is 0.876. The molecule has 1 unspecified atom stereocenters. The SMILES string of the molecule is CCCNC(c1ccncc1OC)c1cccc(C)c1C. The van der Waals surface area contributed by atoms with Crippen molar-refractivity contribution in [2.45, 2.75) is 33.2 Å². The van der Waals surface area contributed by atoms with E-state index in [4.69, 9.17) is 4.74 Å². The molecule has 0 aliphatic rings. The molecule has 1 heterocycles. The molecule has 0 saturated heterocycles. The predicted octanol–water partition coefficient (Wildman–Crippen LogP) is 3.80. The monoisotopic (exact) mass is 284 g/mol. The lowest BCUT2D eigenvalue weighted by Gasteiger charge is -2.23. The van der Waals surface area contributed by atoms with E-state index in [0.29, 0.717) is 0 Å². The van der Waals surface area contributed by atoms with Crippen molar-refractivity contribution in [2.75, 3.05) is 13.7 Å². The van der Waals surface area contributed by atoms with Gasteiger partial charge in [-0.05, 0) is 49.6 Å². The Balaban J connectivity index is 2.50. The van der Waals surface area contributed by atoms with E-state index in [-0.39, 0.29) is 6.04 Å². The van der Waals surface area contributed by atoms with Crippen LogP contribution in [0.5, 0.6) is 5.75 Å². The van der Waals surface area contributed by atoms with Crippen molar-refractivity contribution < 1.29 is 4.74 Å². The number of methoxy groups -OCH3 is 1. The molecule has 0 radical (unpaired) electrons. The van der Waals surface area contributed by atoms with E-state index in [9.17, 15) is 0 Å². The van der Waals surface area contributed by atoms with Gasteiger partial charge in [-0.25, -0.2) is 0 Å². The van der Waals surface area contributed by atoms with Gasteiger partial charge in [-0.15, -0.1) is 0 Å². The van der Waals surface area contributed by atoms with Gasteiger partial charge in [0, 0.05) is 11.8 Å². The molecule has 1 aromatic heterocycles. The highest BCUT2D eigenvalue weighted by Crippen LogP contribution is 2.31. The summed E-state index contributed by atoms with van der Waals surface area (Å²) in [5, 5.41) is 3.64. The van der Waals surface area contributed by atoms with E-state index in [1.54, 1.807) is 13.3 Å². The first-order valence-electron chi connectivity index (χ1n) is 7.46. The van der Waals surface area contributed by atoms with Gasteiger partial charge in [0.05, 0.1) is 19.3 Å². The minimum absolute atomic E-state index is 0.128. The summed E-state index contributed by atoms with van der Waals surface area (Å²) in [6, 6.07) is 8.62. The number of hydrogen-bond donors (Lipinski definition) is 1. The molecule has 1 atom stereocenters. The second-order valence-electron chi connectivity index (χ2n) is 5.29. The first-order chi connectivity index (χ1) is 10.2. The molecule has 2 aromatic rings. The van der Waals surface area contributed by atoms with Crippen LogP contribution in [-0.2, 0) is 0 Å². The Morgan fingerprint density at radius 1 is 1.19 bits per heavy atom. The molecule has 21 heavy (non-hydrogen) atoms. The lowest BCUT2D eigenvalue weighted by atomic mass is 9.92. The van der Waals surface area contributed by atoms with Crippen LogP contribution in [0.3, 0.4) is 0 Å². The van der Waals surface area contributed by atoms with E-state index < -0.39 is 0 Å². The van der Waals surface area contributed by atoms with Crippen LogP contribution in [0, 0.1) is 13.8 Å². The van der Waals surface area contributed by atoms with Gasteiger partial charge in [-0.1, -0.05) is 25.1 Å². The van der Waals surface area contributed by atoms with Gasteiger partial charge >= 0.3 is 0 Å². The van der Waals surface area contributed by atoms with E-state index >= 15 is 0 Å². The first-order valence-corrected chi connectivity index (χ1v) is 7.46. The highest BCUT2D eigenvalue weighted by Gasteiger charge is 2.19. The number of rotatable bonds is 6. The molecule has 0 fully saturated rings. The second-order valence-corrected chi connectivity index (χ2v) is 5.29. The fourth-order valence-electron chi connectivity index (χ4n) is 2.56. The van der Waals surface area contributed by atoms with Crippen LogP contribution >= 0.6 is 0 Å². The summed E-state index contributed by atoms with van der Waals surface area (Å²) in [6.45, 7) is 7.47. The average molecular weight is 284 g/mol. The van der Waals surface area contributed by atoms with Crippen molar-refractivity contribution >= 4 is 0 Å². The Hall–Kier alpha value is -1.87. The van der Waals surface area contributed by atoms with E-state index in [0.717, 1.165) is 24.3 Å². The van der Waals surface area contributed by atoms with Gasteiger partial charge in [0.15, 0.2) is 0 Å². The molecular formula is C18H24N2O. The fraction of sp³-hybridized carbons (Fsp3) is 0.389. The standard InChI is InChI=1S/C18H24N2O/c1-5-10-20-18(15-8-6-7-13(2)14(15)3)16-9-11-19-12-17(16)21-4/h6-9,11-12,18,20H,5,10H2,1-4H3. The van der Waals surface area contributed by atoms with Crippen molar-refractivity contribution in [2.24, 2.45) is 0 Å². The number of benzene rings is 1. The van der Waals surface area contributed by atoms with Crippen molar-refractivity contribution in [3.63, 3.8) is 0 Å². The molecule has 112 valence electrons. The maximum absolute atomic E-state index is 5.50. The number of aryl methyl sites for hydroxylation is 1. The molecule has 2 rings (SSSR count). The average Bonchev–Trinajstić information content (AvgIpc) is 2.52. The summed E-state index contributed by atoms with van der Waals surface area (Å²) in [7, 11) is 1.69. The summed E-state index contributed by atoms with van der Waals surface area (Å²) < 4.78 is 5.50. The Kier molecular flexibility index (Phi) is 5.34. The zero-order chi connectivity index (χ0) is 15.2. The lowest BCUT2D eigenvalue weighted by Crippen LogP contribution is -2.24. The van der Waals surface area contributed by atoms with E-state index in [1.807, 2.05) is 12.3 Å². The topological polar surface area (TPSA) is 34.2 Å². The van der Waals surface area contributed by atoms with Gasteiger partial charge in [0.25, 0.3) is 0 Å². The highest BCUT2D eigenvalue weighted by molar-refractivity contribution is 5.44. The normalized spacial score (nSPS) is 12.2. The number of hydrogen-bond acceptors (Lipinski definition) is 3. The lowest BCUT2D eigenvalue weighted by molar-refractivity contribution is 0.401. The number of nitrogens with zero attached hydrogens (tertiary/aromatic N) is 1. The van der Waals surface area contributed by atoms with Gasteiger partial charge < -0.3 is 10.1 Å². The largest absolute Gasteiger partial charge is 0.495 e. The summed E-state index contributed by atoms with van der Waals surface area (Å²) in [6.07, 6.45) is 4.69. The Morgan fingerprint density at radius 3 is 2.71 bits per heavy atom. The molecule has 3 heteroatoms. The van der Waals surface area contributed by atoms with Crippen molar-refractivity contribution in [3.05, 3.63) is 58.9 Å². The molecule has 0 aliphatic heterocycles. The third-order valence-corrected chi connectivity index (χ3v) is 3.90. The summed E-state index contributed by atoms with van der Waals surface area (Å²) in [5.74, 6) is 0.826. The minimum atomic E-state index is 0.128. The number of ether oxygens (including phenoxy) is 1. The third kappa shape index (κ3) is 3.42. The molecule has 0 spiro atoms. The maximum Gasteiger partial charge on any atom is 0.142 e.